The first-order valence-corrected chi connectivity index (χ1v) is 7.61. The van der Waals surface area contributed by atoms with Crippen LogP contribution in [-0.4, -0.2) is 43.4 Å². The van der Waals surface area contributed by atoms with Crippen molar-refractivity contribution in [3.05, 3.63) is 34.4 Å². The van der Waals surface area contributed by atoms with Gasteiger partial charge in [0.05, 0.1) is 12.7 Å². The Hall–Kier alpha value is -0.900. The van der Waals surface area contributed by atoms with Crippen LogP contribution in [0.1, 0.15) is 43.0 Å². The molecule has 0 bridgehead atoms. The largest absolute Gasteiger partial charge is 0.389 e. The fourth-order valence-corrected chi connectivity index (χ4v) is 2.62. The number of aliphatic hydroxyl groups excluding tert-OH is 1. The molecule has 0 spiro atoms. The summed E-state index contributed by atoms with van der Waals surface area (Å²) in [7, 11) is 3.65. The van der Waals surface area contributed by atoms with Gasteiger partial charge in [-0.3, -0.25) is 4.90 Å². The standard InChI is InChI=1S/C18H31NO2/c1-13-8-15(18(3,4)5)9-14(2)17(13)11-19(6)10-16(20)12-21-7/h8-9,16,20H,10-12H2,1-7H3. The molecule has 1 unspecified atom stereocenters. The van der Waals surface area contributed by atoms with E-state index in [1.807, 2.05) is 7.05 Å². The van der Waals surface area contributed by atoms with Crippen molar-refractivity contribution in [2.75, 3.05) is 27.3 Å². The summed E-state index contributed by atoms with van der Waals surface area (Å²) in [6, 6.07) is 4.59. The summed E-state index contributed by atoms with van der Waals surface area (Å²) < 4.78 is 4.98. The van der Waals surface area contributed by atoms with Crippen LogP contribution in [-0.2, 0) is 16.7 Å². The summed E-state index contributed by atoms with van der Waals surface area (Å²) in [6.45, 7) is 12.9. The highest BCUT2D eigenvalue weighted by molar-refractivity contribution is 5.40. The lowest BCUT2D eigenvalue weighted by Gasteiger charge is -2.25. The summed E-state index contributed by atoms with van der Waals surface area (Å²) in [5.41, 5.74) is 5.56. The van der Waals surface area contributed by atoms with E-state index in [1.165, 1.54) is 22.3 Å². The van der Waals surface area contributed by atoms with Gasteiger partial charge in [-0.15, -0.1) is 0 Å². The smallest absolute Gasteiger partial charge is 0.0900 e. The summed E-state index contributed by atoms with van der Waals surface area (Å²) in [5, 5.41) is 9.82. The van der Waals surface area contributed by atoms with Crippen LogP contribution in [0.2, 0.25) is 0 Å². The zero-order chi connectivity index (χ0) is 16.2. The van der Waals surface area contributed by atoms with Gasteiger partial charge >= 0.3 is 0 Å². The fraction of sp³-hybridized carbons (Fsp3) is 0.667. The van der Waals surface area contributed by atoms with Crippen LogP contribution >= 0.6 is 0 Å². The zero-order valence-electron chi connectivity index (χ0n) is 14.7. The molecule has 0 aliphatic rings. The predicted octanol–water partition coefficient (Wildman–Crippen LogP) is 3.04. The molecule has 0 saturated heterocycles. The molecule has 1 rings (SSSR count). The first kappa shape index (κ1) is 18.1. The minimum Gasteiger partial charge on any atom is -0.389 e. The lowest BCUT2D eigenvalue weighted by molar-refractivity contribution is 0.0418. The van der Waals surface area contributed by atoms with Crippen molar-refractivity contribution < 1.29 is 9.84 Å². The van der Waals surface area contributed by atoms with E-state index in [0.717, 1.165) is 6.54 Å². The van der Waals surface area contributed by atoms with Gasteiger partial charge in [-0.05, 0) is 48.6 Å². The minimum atomic E-state index is -0.436. The maximum atomic E-state index is 9.82. The van der Waals surface area contributed by atoms with Gasteiger partial charge in [0.15, 0.2) is 0 Å². The third kappa shape index (κ3) is 5.42. The molecule has 21 heavy (non-hydrogen) atoms. The van der Waals surface area contributed by atoms with E-state index >= 15 is 0 Å². The second-order valence-corrected chi connectivity index (χ2v) is 7.14. The Morgan fingerprint density at radius 1 is 1.19 bits per heavy atom. The zero-order valence-corrected chi connectivity index (χ0v) is 14.7. The molecule has 1 aromatic rings. The second kappa shape index (κ2) is 7.39. The van der Waals surface area contributed by atoms with Crippen molar-refractivity contribution in [3.8, 4) is 0 Å². The number of aliphatic hydroxyl groups is 1. The number of ether oxygens (including phenoxy) is 1. The average Bonchev–Trinajstić information content (AvgIpc) is 2.32. The van der Waals surface area contributed by atoms with Crippen molar-refractivity contribution in [1.82, 2.24) is 4.90 Å². The molecule has 120 valence electrons. The molecular weight excluding hydrogens is 262 g/mol. The molecule has 0 aromatic heterocycles. The number of nitrogens with zero attached hydrogens (tertiary/aromatic N) is 1. The molecule has 0 aliphatic heterocycles. The monoisotopic (exact) mass is 293 g/mol. The maximum absolute atomic E-state index is 9.82. The Morgan fingerprint density at radius 2 is 1.71 bits per heavy atom. The van der Waals surface area contributed by atoms with Gasteiger partial charge in [0.1, 0.15) is 0 Å². The van der Waals surface area contributed by atoms with E-state index in [-0.39, 0.29) is 5.41 Å². The SMILES string of the molecule is COCC(O)CN(C)Cc1c(C)cc(C(C)(C)C)cc1C. The van der Waals surface area contributed by atoms with Crippen LogP contribution in [0.25, 0.3) is 0 Å². The minimum absolute atomic E-state index is 0.175. The molecule has 3 nitrogen and oxygen atoms in total. The summed E-state index contributed by atoms with van der Waals surface area (Å²) in [4.78, 5) is 2.15. The average molecular weight is 293 g/mol. The van der Waals surface area contributed by atoms with Crippen molar-refractivity contribution in [3.63, 3.8) is 0 Å². The van der Waals surface area contributed by atoms with Crippen LogP contribution in [0.5, 0.6) is 0 Å². The predicted molar refractivity (Wildman–Crippen MR) is 88.8 cm³/mol. The molecule has 0 aliphatic carbocycles. The van der Waals surface area contributed by atoms with E-state index in [0.29, 0.717) is 13.2 Å². The Morgan fingerprint density at radius 3 is 2.14 bits per heavy atom. The van der Waals surface area contributed by atoms with Gasteiger partial charge in [0.2, 0.25) is 0 Å². The number of aryl methyl sites for hydroxylation is 2. The quantitative estimate of drug-likeness (QED) is 0.875. The fourth-order valence-electron chi connectivity index (χ4n) is 2.62. The van der Waals surface area contributed by atoms with Gasteiger partial charge in [0, 0.05) is 20.2 Å². The molecule has 1 atom stereocenters. The molecular formula is C18H31NO2. The normalized spacial score (nSPS) is 13.8. The summed E-state index contributed by atoms with van der Waals surface area (Å²) in [5.74, 6) is 0. The highest BCUT2D eigenvalue weighted by atomic mass is 16.5. The van der Waals surface area contributed by atoms with Gasteiger partial charge < -0.3 is 9.84 Å². The molecule has 1 N–H and O–H groups in total. The van der Waals surface area contributed by atoms with Gasteiger partial charge in [-0.25, -0.2) is 0 Å². The molecule has 0 saturated carbocycles. The number of benzene rings is 1. The first-order chi connectivity index (χ1) is 9.65. The van der Waals surface area contributed by atoms with Crippen molar-refractivity contribution in [2.45, 2.75) is 52.7 Å². The number of methoxy groups -OCH3 is 1. The van der Waals surface area contributed by atoms with E-state index in [4.69, 9.17) is 4.74 Å². The van der Waals surface area contributed by atoms with Gasteiger partial charge in [0.25, 0.3) is 0 Å². The van der Waals surface area contributed by atoms with Crippen LogP contribution in [0.4, 0.5) is 0 Å². The number of rotatable bonds is 6. The number of hydrogen-bond donors (Lipinski definition) is 1. The lowest BCUT2D eigenvalue weighted by Crippen LogP contribution is -2.32. The number of hydrogen-bond acceptors (Lipinski definition) is 3. The highest BCUT2D eigenvalue weighted by Gasteiger charge is 2.17. The summed E-state index contributed by atoms with van der Waals surface area (Å²) >= 11 is 0. The molecule has 1 aromatic carbocycles. The van der Waals surface area contributed by atoms with E-state index < -0.39 is 6.10 Å². The highest BCUT2D eigenvalue weighted by Crippen LogP contribution is 2.27. The van der Waals surface area contributed by atoms with Gasteiger partial charge in [-0.2, -0.15) is 0 Å². The van der Waals surface area contributed by atoms with Crippen LogP contribution in [0.15, 0.2) is 12.1 Å². The molecule has 0 amide bonds. The third-order valence-electron chi connectivity index (χ3n) is 3.87. The Balaban J connectivity index is 2.85. The van der Waals surface area contributed by atoms with E-state index in [9.17, 15) is 5.11 Å². The Kier molecular flexibility index (Phi) is 6.39. The molecule has 0 fully saturated rings. The van der Waals surface area contributed by atoms with E-state index in [2.05, 4.69) is 51.7 Å². The van der Waals surface area contributed by atoms with Crippen LogP contribution in [0, 0.1) is 13.8 Å². The van der Waals surface area contributed by atoms with Gasteiger partial charge in [-0.1, -0.05) is 32.9 Å². The Labute approximate surface area is 129 Å². The molecule has 0 heterocycles. The molecule has 3 heteroatoms. The Bertz CT molecular complexity index is 440. The maximum Gasteiger partial charge on any atom is 0.0900 e. The first-order valence-electron chi connectivity index (χ1n) is 7.61. The van der Waals surface area contributed by atoms with Crippen molar-refractivity contribution in [2.24, 2.45) is 0 Å². The molecule has 0 radical (unpaired) electrons. The van der Waals surface area contributed by atoms with E-state index in [1.54, 1.807) is 7.11 Å². The lowest BCUT2D eigenvalue weighted by atomic mass is 9.84. The summed E-state index contributed by atoms with van der Waals surface area (Å²) in [6.07, 6.45) is -0.436. The van der Waals surface area contributed by atoms with Crippen molar-refractivity contribution in [1.29, 1.82) is 0 Å². The van der Waals surface area contributed by atoms with Crippen molar-refractivity contribution >= 4 is 0 Å². The van der Waals surface area contributed by atoms with Crippen LogP contribution < -0.4 is 0 Å². The number of likely N-dealkylation sites (N-methyl/N-ethyl adjacent to an activating group) is 1. The third-order valence-corrected chi connectivity index (χ3v) is 3.87. The van der Waals surface area contributed by atoms with Crippen LogP contribution in [0.3, 0.4) is 0 Å². The second-order valence-electron chi connectivity index (χ2n) is 7.14. The topological polar surface area (TPSA) is 32.7 Å².